The van der Waals surface area contributed by atoms with Crippen LogP contribution in [0.2, 0.25) is 0 Å². The first kappa shape index (κ1) is 22.1. The number of nitrogens with zero attached hydrogens (tertiary/aromatic N) is 3. The van der Waals surface area contributed by atoms with Gasteiger partial charge in [0.15, 0.2) is 5.78 Å². The van der Waals surface area contributed by atoms with Gasteiger partial charge in [0.1, 0.15) is 0 Å². The Bertz CT molecular complexity index is 992. The molecule has 2 aliphatic rings. The van der Waals surface area contributed by atoms with Crippen molar-refractivity contribution in [3.8, 4) is 0 Å². The maximum atomic E-state index is 13.5. The molecule has 2 atom stereocenters. The van der Waals surface area contributed by atoms with Gasteiger partial charge in [-0.3, -0.25) is 19.4 Å². The van der Waals surface area contributed by atoms with Crippen molar-refractivity contribution in [2.45, 2.75) is 38.9 Å². The maximum Gasteiger partial charge on any atom is 0.242 e. The number of ether oxygens (including phenoxy) is 1. The summed E-state index contributed by atoms with van der Waals surface area (Å²) in [4.78, 5) is 46.6. The smallest absolute Gasteiger partial charge is 0.242 e. The number of carbonyl (C=O) groups is 3. The molecule has 1 fully saturated rings. The molecule has 0 saturated carbocycles. The van der Waals surface area contributed by atoms with Crippen molar-refractivity contribution >= 4 is 17.6 Å². The lowest BCUT2D eigenvalue weighted by Gasteiger charge is -2.26. The maximum absolute atomic E-state index is 13.5. The van der Waals surface area contributed by atoms with Gasteiger partial charge in [-0.25, -0.2) is 0 Å². The molecule has 7 nitrogen and oxygen atoms in total. The van der Waals surface area contributed by atoms with Gasteiger partial charge in [-0.1, -0.05) is 44.2 Å². The molecule has 7 heteroatoms. The molecule has 2 amide bonds. The van der Waals surface area contributed by atoms with Gasteiger partial charge in [0, 0.05) is 37.8 Å². The molecule has 0 unspecified atom stereocenters. The van der Waals surface area contributed by atoms with Crippen molar-refractivity contribution in [3.63, 3.8) is 0 Å². The third-order valence-corrected chi connectivity index (χ3v) is 5.94. The Morgan fingerprint density at radius 1 is 1.12 bits per heavy atom. The number of fused-ring (bicyclic) bond motifs is 1. The Balaban J connectivity index is 1.53. The molecule has 0 N–H and O–H groups in total. The molecule has 1 aromatic heterocycles. The van der Waals surface area contributed by atoms with Crippen molar-refractivity contribution in [2.24, 2.45) is 5.92 Å². The number of hydrogen-bond donors (Lipinski definition) is 0. The van der Waals surface area contributed by atoms with Gasteiger partial charge in [-0.15, -0.1) is 0 Å². The molecule has 168 valence electrons. The summed E-state index contributed by atoms with van der Waals surface area (Å²) >= 11 is 0. The van der Waals surface area contributed by atoms with Crippen molar-refractivity contribution in [1.29, 1.82) is 0 Å². The van der Waals surface area contributed by atoms with Crippen molar-refractivity contribution in [3.05, 3.63) is 65.5 Å². The summed E-state index contributed by atoms with van der Waals surface area (Å²) in [5.41, 5.74) is 2.16. The summed E-state index contributed by atoms with van der Waals surface area (Å²) in [5.74, 6) is -0.538. The van der Waals surface area contributed by atoms with Gasteiger partial charge in [-0.05, 0) is 23.6 Å². The minimum absolute atomic E-state index is 0.00184. The van der Waals surface area contributed by atoms with Crippen LogP contribution in [0.3, 0.4) is 0 Å². The third kappa shape index (κ3) is 4.88. The molecule has 1 saturated heterocycles. The van der Waals surface area contributed by atoms with E-state index in [1.54, 1.807) is 22.1 Å². The van der Waals surface area contributed by atoms with Crippen LogP contribution in [0.25, 0.3) is 0 Å². The molecule has 2 heterocycles. The Labute approximate surface area is 188 Å². The Kier molecular flexibility index (Phi) is 6.65. The fraction of sp³-hybridized carbons (Fsp3) is 0.440. The summed E-state index contributed by atoms with van der Waals surface area (Å²) in [6.07, 6.45) is 1.53. The molecule has 32 heavy (non-hydrogen) atoms. The van der Waals surface area contributed by atoms with Gasteiger partial charge in [0.2, 0.25) is 11.8 Å². The average molecular weight is 436 g/mol. The Hall–Kier alpha value is -3.06. The van der Waals surface area contributed by atoms with Gasteiger partial charge in [-0.2, -0.15) is 0 Å². The number of hydrogen-bond acceptors (Lipinski definition) is 5. The lowest BCUT2D eigenvalue weighted by atomic mass is 9.99. The minimum Gasteiger partial charge on any atom is -0.368 e. The van der Waals surface area contributed by atoms with Crippen LogP contribution in [0.15, 0.2) is 48.7 Å². The van der Waals surface area contributed by atoms with Crippen LogP contribution in [-0.4, -0.2) is 64.7 Å². The largest absolute Gasteiger partial charge is 0.368 e. The molecular formula is C25H29N3O4. The van der Waals surface area contributed by atoms with Crippen LogP contribution >= 0.6 is 0 Å². The van der Waals surface area contributed by atoms with Crippen LogP contribution in [0.1, 0.15) is 47.8 Å². The molecule has 1 aliphatic heterocycles. The number of amides is 2. The fourth-order valence-corrected chi connectivity index (χ4v) is 4.46. The van der Waals surface area contributed by atoms with E-state index in [0.29, 0.717) is 37.7 Å². The summed E-state index contributed by atoms with van der Waals surface area (Å²) in [5, 5.41) is 0. The average Bonchev–Trinajstić information content (AvgIpc) is 3.04. The first-order chi connectivity index (χ1) is 15.4. The van der Waals surface area contributed by atoms with Crippen molar-refractivity contribution < 1.29 is 19.1 Å². The zero-order valence-electron chi connectivity index (χ0n) is 18.6. The first-order valence-corrected chi connectivity index (χ1v) is 11.1. The number of pyridine rings is 1. The van der Waals surface area contributed by atoms with Crippen LogP contribution in [0.5, 0.6) is 0 Å². The van der Waals surface area contributed by atoms with E-state index in [9.17, 15) is 14.4 Å². The topological polar surface area (TPSA) is 79.8 Å². The van der Waals surface area contributed by atoms with E-state index in [1.165, 1.54) is 0 Å². The van der Waals surface area contributed by atoms with E-state index in [0.717, 1.165) is 11.3 Å². The molecule has 0 bridgehead atoms. The van der Waals surface area contributed by atoms with E-state index in [1.807, 2.05) is 36.4 Å². The van der Waals surface area contributed by atoms with Gasteiger partial charge in [0.05, 0.1) is 30.9 Å². The molecule has 2 aromatic rings. The monoisotopic (exact) mass is 435 g/mol. The second kappa shape index (κ2) is 9.61. The van der Waals surface area contributed by atoms with E-state index in [2.05, 4.69) is 18.8 Å². The summed E-state index contributed by atoms with van der Waals surface area (Å²) in [6, 6.07) is 12.9. The quantitative estimate of drug-likeness (QED) is 0.697. The van der Waals surface area contributed by atoms with E-state index in [-0.39, 0.29) is 36.7 Å². The van der Waals surface area contributed by atoms with Crippen molar-refractivity contribution in [1.82, 2.24) is 14.8 Å². The van der Waals surface area contributed by atoms with E-state index >= 15 is 0 Å². The highest BCUT2D eigenvalue weighted by molar-refractivity contribution is 6.07. The second-order valence-corrected chi connectivity index (χ2v) is 8.93. The molecule has 1 aliphatic carbocycles. The molecule has 0 radical (unpaired) electrons. The Morgan fingerprint density at radius 2 is 1.91 bits per heavy atom. The third-order valence-electron chi connectivity index (χ3n) is 5.94. The molecule has 4 rings (SSSR count). The predicted octanol–water partition coefficient (Wildman–Crippen LogP) is 2.66. The number of benzene rings is 1. The number of carbonyl (C=O) groups excluding carboxylic acids is 3. The van der Waals surface area contributed by atoms with E-state index < -0.39 is 5.92 Å². The zero-order valence-corrected chi connectivity index (χ0v) is 18.6. The number of rotatable bonds is 6. The van der Waals surface area contributed by atoms with E-state index in [4.69, 9.17) is 4.74 Å². The highest BCUT2D eigenvalue weighted by atomic mass is 16.5. The predicted molar refractivity (Wildman–Crippen MR) is 119 cm³/mol. The van der Waals surface area contributed by atoms with Crippen molar-refractivity contribution in [2.75, 3.05) is 26.2 Å². The highest BCUT2D eigenvalue weighted by Gasteiger charge is 2.39. The van der Waals surface area contributed by atoms with Crippen LogP contribution in [0.4, 0.5) is 0 Å². The first-order valence-electron chi connectivity index (χ1n) is 11.1. The number of aromatic nitrogens is 1. The van der Waals surface area contributed by atoms with Gasteiger partial charge in [0.25, 0.3) is 0 Å². The standard InChI is InChI=1S/C25H29N3O4/c1-17(2)12-27-13-19(32-16-18-7-5-6-10-26-18)14-28(15-24(27)30)25(31)22-11-23(29)21-9-4-3-8-20(21)22/h3-10,17,19,22H,11-16H2,1-2H3/t19-,22-/m0/s1. The minimum atomic E-state index is -0.542. The normalized spacial score (nSPS) is 21.1. The zero-order chi connectivity index (χ0) is 22.7. The molecule has 0 spiro atoms. The highest BCUT2D eigenvalue weighted by Crippen LogP contribution is 2.34. The molecule has 1 aromatic carbocycles. The fourth-order valence-electron chi connectivity index (χ4n) is 4.46. The van der Waals surface area contributed by atoms with Crippen LogP contribution in [0, 0.1) is 5.92 Å². The van der Waals surface area contributed by atoms with Gasteiger partial charge < -0.3 is 14.5 Å². The lowest BCUT2D eigenvalue weighted by molar-refractivity contribution is -0.139. The van der Waals surface area contributed by atoms with Crippen LogP contribution in [-0.2, 0) is 20.9 Å². The summed E-state index contributed by atoms with van der Waals surface area (Å²) in [6.45, 7) is 5.77. The SMILES string of the molecule is CC(C)CN1C[C@H](OCc2ccccn2)CN(C(=O)[C@H]2CC(=O)c3ccccc32)CC1=O. The summed E-state index contributed by atoms with van der Waals surface area (Å²) in [7, 11) is 0. The van der Waals surface area contributed by atoms with Gasteiger partial charge >= 0.3 is 0 Å². The molecular weight excluding hydrogens is 406 g/mol. The number of Topliss-reactive ketones (excluding diaryl/α,β-unsaturated/α-hetero) is 1. The lowest BCUT2D eigenvalue weighted by Crippen LogP contribution is -2.42. The number of ketones is 1. The summed E-state index contributed by atoms with van der Waals surface area (Å²) < 4.78 is 6.13. The Morgan fingerprint density at radius 3 is 2.66 bits per heavy atom. The second-order valence-electron chi connectivity index (χ2n) is 8.93. The van der Waals surface area contributed by atoms with Crippen LogP contribution < -0.4 is 0 Å².